The highest BCUT2D eigenvalue weighted by atomic mass is 79.9. The average Bonchev–Trinajstić information content (AvgIpc) is 2.90. The van der Waals surface area contributed by atoms with Gasteiger partial charge < -0.3 is 4.42 Å². The van der Waals surface area contributed by atoms with Gasteiger partial charge in [0.05, 0.1) is 11.1 Å². The van der Waals surface area contributed by atoms with Gasteiger partial charge in [0.1, 0.15) is 5.58 Å². The van der Waals surface area contributed by atoms with Gasteiger partial charge in [0.25, 0.3) is 0 Å². The van der Waals surface area contributed by atoms with Crippen molar-refractivity contribution in [1.82, 2.24) is 4.98 Å². The summed E-state index contributed by atoms with van der Waals surface area (Å²) in [6.07, 6.45) is 3.67. The number of hydrogen-bond donors (Lipinski definition) is 0. The van der Waals surface area contributed by atoms with E-state index in [1.54, 1.807) is 0 Å². The van der Waals surface area contributed by atoms with Crippen molar-refractivity contribution in [3.8, 4) is 0 Å². The molecule has 0 aliphatic rings. The second-order valence-corrected chi connectivity index (χ2v) is 5.62. The third-order valence-corrected chi connectivity index (χ3v) is 4.69. The molecule has 0 spiro atoms. The Morgan fingerprint density at radius 3 is 2.68 bits per heavy atom. The van der Waals surface area contributed by atoms with Gasteiger partial charge in [-0.1, -0.05) is 47.1 Å². The number of hydrogen-bond acceptors (Lipinski definition) is 2. The highest BCUT2D eigenvalue weighted by Crippen LogP contribution is 2.40. The van der Waals surface area contributed by atoms with Crippen LogP contribution in [-0.4, -0.2) is 4.98 Å². The Morgan fingerprint density at radius 2 is 1.89 bits per heavy atom. The van der Waals surface area contributed by atoms with Crippen LogP contribution in [0.2, 0.25) is 0 Å². The van der Waals surface area contributed by atoms with Gasteiger partial charge in [-0.15, -0.1) is 0 Å². The summed E-state index contributed by atoms with van der Waals surface area (Å²) in [4.78, 5) is 4.62. The van der Waals surface area contributed by atoms with Gasteiger partial charge in [0.2, 0.25) is 0 Å². The Hall–Kier alpha value is -1.61. The summed E-state index contributed by atoms with van der Waals surface area (Å²) < 4.78 is 5.61. The van der Waals surface area contributed by atoms with Crippen LogP contribution in [0.5, 0.6) is 0 Å². The average molecular weight is 316 g/mol. The maximum atomic E-state index is 5.61. The summed E-state index contributed by atoms with van der Waals surface area (Å²) in [6, 6.07) is 14.1. The second-order valence-electron chi connectivity index (χ2n) is 4.63. The molecule has 0 saturated heterocycles. The maximum Gasteiger partial charge on any atom is 0.134 e. The lowest BCUT2D eigenvalue weighted by molar-refractivity contribution is 0.604. The Kier molecular flexibility index (Phi) is 3.38. The fourth-order valence-corrected chi connectivity index (χ4v) is 2.90. The molecule has 3 aromatic rings. The molecule has 0 aliphatic heterocycles. The van der Waals surface area contributed by atoms with Crippen LogP contribution in [-0.2, 0) is 0 Å². The van der Waals surface area contributed by atoms with Crippen LogP contribution in [0.4, 0.5) is 0 Å². The van der Waals surface area contributed by atoms with Gasteiger partial charge in [0, 0.05) is 28.8 Å². The van der Waals surface area contributed by atoms with Crippen LogP contribution in [0, 0.1) is 0 Å². The van der Waals surface area contributed by atoms with Gasteiger partial charge in [-0.25, -0.2) is 0 Å². The zero-order valence-electron chi connectivity index (χ0n) is 10.6. The van der Waals surface area contributed by atoms with E-state index in [9.17, 15) is 0 Å². The van der Waals surface area contributed by atoms with Crippen molar-refractivity contribution in [1.29, 1.82) is 0 Å². The molecule has 0 amide bonds. The number of fused-ring (bicyclic) bond motifs is 1. The summed E-state index contributed by atoms with van der Waals surface area (Å²) in [7, 11) is 0. The predicted molar refractivity (Wildman–Crippen MR) is 80.5 cm³/mol. The van der Waals surface area contributed by atoms with E-state index in [1.165, 1.54) is 5.56 Å². The van der Waals surface area contributed by atoms with Gasteiger partial charge >= 0.3 is 0 Å². The van der Waals surface area contributed by atoms with Crippen LogP contribution in [0.15, 0.2) is 59.3 Å². The number of aromatic nitrogens is 1. The van der Waals surface area contributed by atoms with Crippen molar-refractivity contribution in [2.24, 2.45) is 0 Å². The first-order valence-corrected chi connectivity index (χ1v) is 7.20. The van der Waals surface area contributed by atoms with Crippen molar-refractivity contribution in [2.75, 3.05) is 0 Å². The van der Waals surface area contributed by atoms with Crippen molar-refractivity contribution in [3.63, 3.8) is 0 Å². The van der Waals surface area contributed by atoms with E-state index in [1.807, 2.05) is 42.8 Å². The van der Waals surface area contributed by atoms with E-state index in [4.69, 9.17) is 4.42 Å². The molecule has 0 N–H and O–H groups in total. The van der Waals surface area contributed by atoms with E-state index >= 15 is 0 Å². The molecule has 2 aromatic heterocycles. The lowest BCUT2D eigenvalue weighted by Gasteiger charge is -2.16. The zero-order chi connectivity index (χ0) is 13.2. The van der Waals surface area contributed by atoms with Gasteiger partial charge in [0.15, 0.2) is 0 Å². The highest BCUT2D eigenvalue weighted by molar-refractivity contribution is 9.09. The molecule has 2 nitrogen and oxygen atoms in total. The number of nitrogens with zero attached hydrogens (tertiary/aromatic N) is 1. The molecule has 0 saturated carbocycles. The first-order valence-electron chi connectivity index (χ1n) is 6.28. The van der Waals surface area contributed by atoms with Crippen molar-refractivity contribution >= 4 is 26.9 Å². The largest absolute Gasteiger partial charge is 0.464 e. The van der Waals surface area contributed by atoms with Gasteiger partial charge in [-0.2, -0.15) is 0 Å². The lowest BCUT2D eigenvalue weighted by atomic mass is 9.97. The topological polar surface area (TPSA) is 26.0 Å². The molecule has 2 unspecified atom stereocenters. The summed E-state index contributed by atoms with van der Waals surface area (Å²) in [5.74, 6) is 0.280. The summed E-state index contributed by atoms with van der Waals surface area (Å²) >= 11 is 3.79. The first-order chi connectivity index (χ1) is 9.27. The highest BCUT2D eigenvalue weighted by Gasteiger charge is 2.22. The third-order valence-electron chi connectivity index (χ3n) is 3.40. The number of alkyl halides is 1. The summed E-state index contributed by atoms with van der Waals surface area (Å²) in [5, 5.41) is 1.16. The Bertz CT molecular complexity index is 677. The maximum absolute atomic E-state index is 5.61. The van der Waals surface area contributed by atoms with Crippen molar-refractivity contribution < 1.29 is 4.42 Å². The molecule has 0 bridgehead atoms. The van der Waals surface area contributed by atoms with E-state index in [0.717, 1.165) is 16.7 Å². The standard InChI is InChI=1S/C16H14BrNO/c1-11(14-7-4-5-9-18-14)16(17)13-10-19-15-8-3-2-6-12(13)15/h2-11,16H,1H3. The summed E-state index contributed by atoms with van der Waals surface area (Å²) in [6.45, 7) is 2.17. The Labute approximate surface area is 120 Å². The van der Waals surface area contributed by atoms with Crippen molar-refractivity contribution in [2.45, 2.75) is 17.7 Å². The fraction of sp³-hybridized carbons (Fsp3) is 0.188. The third kappa shape index (κ3) is 2.30. The Morgan fingerprint density at radius 1 is 1.11 bits per heavy atom. The minimum absolute atomic E-state index is 0.186. The zero-order valence-corrected chi connectivity index (χ0v) is 12.2. The van der Waals surface area contributed by atoms with E-state index < -0.39 is 0 Å². The molecule has 0 fully saturated rings. The molecule has 19 heavy (non-hydrogen) atoms. The van der Waals surface area contributed by atoms with Gasteiger partial charge in [-0.05, 0) is 18.2 Å². The van der Waals surface area contributed by atoms with Crippen LogP contribution in [0.25, 0.3) is 11.0 Å². The van der Waals surface area contributed by atoms with Crippen LogP contribution < -0.4 is 0 Å². The number of para-hydroxylation sites is 1. The van der Waals surface area contributed by atoms with Crippen LogP contribution in [0.1, 0.15) is 28.9 Å². The summed E-state index contributed by atoms with van der Waals surface area (Å²) in [5.41, 5.74) is 3.18. The Balaban J connectivity index is 1.98. The number of rotatable bonds is 3. The molecule has 2 heterocycles. The van der Waals surface area contributed by atoms with Crippen LogP contribution >= 0.6 is 15.9 Å². The van der Waals surface area contributed by atoms with Crippen molar-refractivity contribution in [3.05, 3.63) is 66.2 Å². The first kappa shape index (κ1) is 12.4. The monoisotopic (exact) mass is 315 g/mol. The minimum Gasteiger partial charge on any atom is -0.464 e. The predicted octanol–water partition coefficient (Wildman–Crippen LogP) is 5.07. The van der Waals surface area contributed by atoms with E-state index in [0.29, 0.717) is 0 Å². The number of halogens is 1. The van der Waals surface area contributed by atoms with E-state index in [-0.39, 0.29) is 10.7 Å². The fourth-order valence-electron chi connectivity index (χ4n) is 2.28. The number of pyridine rings is 1. The number of furan rings is 1. The smallest absolute Gasteiger partial charge is 0.134 e. The molecule has 3 heteroatoms. The molecular weight excluding hydrogens is 302 g/mol. The molecule has 0 aliphatic carbocycles. The SMILES string of the molecule is CC(c1ccccn1)C(Br)c1coc2ccccc12. The molecule has 2 atom stereocenters. The number of benzene rings is 1. The second kappa shape index (κ2) is 5.17. The molecule has 3 rings (SSSR count). The lowest BCUT2D eigenvalue weighted by Crippen LogP contribution is -2.03. The minimum atomic E-state index is 0.186. The molecule has 1 aromatic carbocycles. The quantitative estimate of drug-likeness (QED) is 0.631. The van der Waals surface area contributed by atoms with Gasteiger partial charge in [-0.3, -0.25) is 4.98 Å². The molecular formula is C16H14BrNO. The van der Waals surface area contributed by atoms with Crippen LogP contribution in [0.3, 0.4) is 0 Å². The molecule has 96 valence electrons. The normalized spacial score (nSPS) is 14.4. The van der Waals surface area contributed by atoms with E-state index in [2.05, 4.69) is 40.0 Å². The molecule has 0 radical (unpaired) electrons.